The standard InChI is InChI=1S/C4H8F2OS/c1-8-3-2-7-4(5)6/h4H,2-3H2,1H3. The van der Waals surface area contributed by atoms with Crippen LogP contribution in [0.4, 0.5) is 8.78 Å². The van der Waals surface area contributed by atoms with Gasteiger partial charge in [0.1, 0.15) is 0 Å². The van der Waals surface area contributed by atoms with Gasteiger partial charge in [-0.3, -0.25) is 0 Å². The maximum Gasteiger partial charge on any atom is 0.345 e. The Balaban J connectivity index is 2.72. The largest absolute Gasteiger partial charge is 0.345 e. The van der Waals surface area contributed by atoms with Crippen LogP contribution in [-0.2, 0) is 4.74 Å². The fraction of sp³-hybridized carbons (Fsp3) is 1.00. The smallest absolute Gasteiger partial charge is 0.322 e. The number of hydrogen-bond donors (Lipinski definition) is 0. The monoisotopic (exact) mass is 142 g/mol. The molecule has 0 aromatic carbocycles. The molecular weight excluding hydrogens is 134 g/mol. The van der Waals surface area contributed by atoms with Gasteiger partial charge in [-0.25, -0.2) is 0 Å². The van der Waals surface area contributed by atoms with E-state index in [1.807, 2.05) is 6.26 Å². The molecule has 0 aromatic heterocycles. The number of rotatable bonds is 4. The summed E-state index contributed by atoms with van der Waals surface area (Å²) >= 11 is 1.49. The molecule has 0 aliphatic carbocycles. The fourth-order valence-corrected chi connectivity index (χ4v) is 0.483. The van der Waals surface area contributed by atoms with Gasteiger partial charge in [-0.2, -0.15) is 20.5 Å². The molecule has 0 spiro atoms. The second kappa shape index (κ2) is 5.31. The van der Waals surface area contributed by atoms with Crippen LogP contribution in [0.25, 0.3) is 0 Å². The molecule has 0 atom stereocenters. The second-order valence-corrected chi connectivity index (χ2v) is 2.11. The van der Waals surface area contributed by atoms with Crippen molar-refractivity contribution >= 4 is 11.8 Å². The number of hydrogen-bond acceptors (Lipinski definition) is 2. The zero-order valence-electron chi connectivity index (χ0n) is 4.56. The maximum atomic E-state index is 11.1. The molecule has 0 aliphatic rings. The van der Waals surface area contributed by atoms with Crippen LogP contribution in [0, 0.1) is 0 Å². The molecule has 4 heteroatoms. The Morgan fingerprint density at radius 3 is 2.62 bits per heavy atom. The Labute approximate surface area is 51.4 Å². The van der Waals surface area contributed by atoms with Crippen molar-refractivity contribution < 1.29 is 13.5 Å². The van der Waals surface area contributed by atoms with Crippen molar-refractivity contribution in [3.63, 3.8) is 0 Å². The quantitative estimate of drug-likeness (QED) is 0.551. The summed E-state index contributed by atoms with van der Waals surface area (Å²) in [6.07, 6.45) is 1.84. The highest BCUT2D eigenvalue weighted by molar-refractivity contribution is 7.98. The highest BCUT2D eigenvalue weighted by Crippen LogP contribution is 1.96. The van der Waals surface area contributed by atoms with E-state index >= 15 is 0 Å². The summed E-state index contributed by atoms with van der Waals surface area (Å²) in [7, 11) is 0. The Kier molecular flexibility index (Phi) is 5.42. The molecule has 0 bridgehead atoms. The Morgan fingerprint density at radius 2 is 2.25 bits per heavy atom. The summed E-state index contributed by atoms with van der Waals surface area (Å²) in [6, 6.07) is 0. The normalized spacial score (nSPS) is 10.5. The molecule has 0 aliphatic heterocycles. The summed E-state index contributed by atoms with van der Waals surface area (Å²) in [4.78, 5) is 0. The van der Waals surface area contributed by atoms with Crippen molar-refractivity contribution in [3.05, 3.63) is 0 Å². The van der Waals surface area contributed by atoms with E-state index in [0.717, 1.165) is 0 Å². The molecule has 0 N–H and O–H groups in total. The molecule has 0 radical (unpaired) electrons. The number of alkyl halides is 2. The molecule has 0 saturated carbocycles. The molecule has 8 heavy (non-hydrogen) atoms. The van der Waals surface area contributed by atoms with E-state index in [1.165, 1.54) is 11.8 Å². The molecule has 0 rings (SSSR count). The number of halogens is 2. The molecule has 1 nitrogen and oxygen atoms in total. The minimum Gasteiger partial charge on any atom is -0.322 e. The van der Waals surface area contributed by atoms with E-state index in [4.69, 9.17) is 0 Å². The van der Waals surface area contributed by atoms with Crippen LogP contribution in [0.15, 0.2) is 0 Å². The van der Waals surface area contributed by atoms with E-state index < -0.39 is 6.61 Å². The maximum absolute atomic E-state index is 11.1. The number of ether oxygens (including phenoxy) is 1. The van der Waals surface area contributed by atoms with Gasteiger partial charge in [0.25, 0.3) is 0 Å². The Morgan fingerprint density at radius 1 is 1.62 bits per heavy atom. The zero-order valence-corrected chi connectivity index (χ0v) is 5.38. The van der Waals surface area contributed by atoms with E-state index in [9.17, 15) is 8.78 Å². The second-order valence-electron chi connectivity index (χ2n) is 1.12. The van der Waals surface area contributed by atoms with E-state index in [2.05, 4.69) is 4.74 Å². The average Bonchev–Trinajstić information content (AvgIpc) is 1.66. The van der Waals surface area contributed by atoms with Crippen LogP contribution in [0.5, 0.6) is 0 Å². The van der Waals surface area contributed by atoms with Crippen LogP contribution >= 0.6 is 11.8 Å². The highest BCUT2D eigenvalue weighted by atomic mass is 32.2. The first kappa shape index (κ1) is 8.17. The lowest BCUT2D eigenvalue weighted by molar-refractivity contribution is -0.123. The molecule has 0 unspecified atom stereocenters. The van der Waals surface area contributed by atoms with Crippen molar-refractivity contribution in [3.8, 4) is 0 Å². The van der Waals surface area contributed by atoms with Gasteiger partial charge in [0.15, 0.2) is 0 Å². The van der Waals surface area contributed by atoms with Gasteiger partial charge in [0, 0.05) is 5.75 Å². The molecular formula is C4H8F2OS. The molecule has 0 aromatic rings. The zero-order chi connectivity index (χ0) is 6.41. The molecule has 0 heterocycles. The molecule has 0 saturated heterocycles. The van der Waals surface area contributed by atoms with Crippen LogP contribution < -0.4 is 0 Å². The molecule has 0 amide bonds. The highest BCUT2D eigenvalue weighted by Gasteiger charge is 1.98. The summed E-state index contributed by atoms with van der Waals surface area (Å²) in [5, 5.41) is 0. The van der Waals surface area contributed by atoms with Crippen molar-refractivity contribution in [2.75, 3.05) is 18.6 Å². The van der Waals surface area contributed by atoms with Gasteiger partial charge >= 0.3 is 6.61 Å². The Bertz CT molecular complexity index is 51.3. The van der Waals surface area contributed by atoms with Crippen molar-refractivity contribution in [1.82, 2.24) is 0 Å². The summed E-state index contributed by atoms with van der Waals surface area (Å²) in [5.74, 6) is 0.629. The van der Waals surface area contributed by atoms with E-state index in [1.54, 1.807) is 0 Å². The van der Waals surface area contributed by atoms with Crippen molar-refractivity contribution in [1.29, 1.82) is 0 Å². The predicted octanol–water partition coefficient (Wildman–Crippen LogP) is 1.59. The summed E-state index contributed by atoms with van der Waals surface area (Å²) in [5.41, 5.74) is 0. The van der Waals surface area contributed by atoms with Gasteiger partial charge in [-0.15, -0.1) is 0 Å². The van der Waals surface area contributed by atoms with E-state index in [0.29, 0.717) is 5.75 Å². The molecule has 0 fully saturated rings. The minimum absolute atomic E-state index is 0.138. The summed E-state index contributed by atoms with van der Waals surface area (Å²) < 4.78 is 26.2. The van der Waals surface area contributed by atoms with Crippen LogP contribution in [0.3, 0.4) is 0 Å². The lowest BCUT2D eigenvalue weighted by Gasteiger charge is -1.97. The fourth-order valence-electron chi connectivity index (χ4n) is 0.221. The van der Waals surface area contributed by atoms with Gasteiger partial charge in [0.2, 0.25) is 0 Å². The minimum atomic E-state index is -2.61. The first-order valence-electron chi connectivity index (χ1n) is 2.16. The van der Waals surface area contributed by atoms with Gasteiger partial charge in [-0.1, -0.05) is 0 Å². The molecule has 50 valence electrons. The predicted molar refractivity (Wildman–Crippen MR) is 30.3 cm³/mol. The lowest BCUT2D eigenvalue weighted by atomic mass is 10.9. The van der Waals surface area contributed by atoms with Gasteiger partial charge in [0.05, 0.1) is 6.61 Å². The third-order valence-corrected chi connectivity index (χ3v) is 1.11. The van der Waals surface area contributed by atoms with Gasteiger partial charge < -0.3 is 4.74 Å². The average molecular weight is 142 g/mol. The number of thioether (sulfide) groups is 1. The third kappa shape index (κ3) is 6.17. The Hall–Kier alpha value is 0.170. The van der Waals surface area contributed by atoms with Crippen molar-refractivity contribution in [2.24, 2.45) is 0 Å². The topological polar surface area (TPSA) is 9.23 Å². The lowest BCUT2D eigenvalue weighted by Crippen LogP contribution is -2.02. The first-order valence-corrected chi connectivity index (χ1v) is 3.55. The van der Waals surface area contributed by atoms with E-state index in [-0.39, 0.29) is 6.61 Å². The first-order chi connectivity index (χ1) is 3.77. The van der Waals surface area contributed by atoms with Crippen molar-refractivity contribution in [2.45, 2.75) is 6.61 Å². The van der Waals surface area contributed by atoms with Crippen LogP contribution in [-0.4, -0.2) is 25.2 Å². The van der Waals surface area contributed by atoms with Gasteiger partial charge in [-0.05, 0) is 6.26 Å². The van der Waals surface area contributed by atoms with Crippen LogP contribution in [0.2, 0.25) is 0 Å². The third-order valence-electron chi connectivity index (χ3n) is 0.531. The SMILES string of the molecule is CSCCOC(F)F. The summed E-state index contributed by atoms with van der Waals surface area (Å²) in [6.45, 7) is -2.47. The van der Waals surface area contributed by atoms with Crippen LogP contribution in [0.1, 0.15) is 0 Å².